The van der Waals surface area contributed by atoms with E-state index < -0.39 is 0 Å². The SMILES string of the molecule is Cc1ccc(-n2nc(C(=O)N3CCCC3)cc2C2CC2)cc1. The smallest absolute Gasteiger partial charge is 0.274 e. The number of aromatic nitrogens is 2. The van der Waals surface area contributed by atoms with Crippen LogP contribution < -0.4 is 0 Å². The lowest BCUT2D eigenvalue weighted by atomic mass is 10.2. The molecule has 0 unspecified atom stereocenters. The van der Waals surface area contributed by atoms with Crippen LogP contribution in [0.15, 0.2) is 30.3 Å². The molecule has 1 saturated heterocycles. The highest BCUT2D eigenvalue weighted by atomic mass is 16.2. The van der Waals surface area contributed by atoms with Crippen molar-refractivity contribution in [2.45, 2.75) is 38.5 Å². The molecule has 0 bridgehead atoms. The molecule has 114 valence electrons. The second-order valence-corrected chi connectivity index (χ2v) is 6.48. The number of amides is 1. The summed E-state index contributed by atoms with van der Waals surface area (Å²) in [5.41, 5.74) is 4.07. The van der Waals surface area contributed by atoms with Crippen LogP contribution in [0.25, 0.3) is 5.69 Å². The summed E-state index contributed by atoms with van der Waals surface area (Å²) in [5, 5.41) is 4.64. The minimum absolute atomic E-state index is 0.0882. The van der Waals surface area contributed by atoms with E-state index >= 15 is 0 Å². The molecule has 0 N–H and O–H groups in total. The second kappa shape index (κ2) is 5.27. The van der Waals surface area contributed by atoms with Gasteiger partial charge >= 0.3 is 0 Å². The molecule has 4 heteroatoms. The van der Waals surface area contributed by atoms with Crippen molar-refractivity contribution in [1.29, 1.82) is 0 Å². The predicted octanol–water partition coefficient (Wildman–Crippen LogP) is 3.29. The highest BCUT2D eigenvalue weighted by Crippen LogP contribution is 2.41. The fourth-order valence-electron chi connectivity index (χ4n) is 3.14. The van der Waals surface area contributed by atoms with Crippen molar-refractivity contribution >= 4 is 5.91 Å². The maximum absolute atomic E-state index is 12.6. The Balaban J connectivity index is 1.71. The second-order valence-electron chi connectivity index (χ2n) is 6.48. The Kier molecular flexibility index (Phi) is 3.25. The van der Waals surface area contributed by atoms with Crippen LogP contribution in [0.3, 0.4) is 0 Å². The van der Waals surface area contributed by atoms with E-state index in [1.165, 1.54) is 24.1 Å². The molecule has 1 aliphatic carbocycles. The molecule has 2 aliphatic rings. The Labute approximate surface area is 130 Å². The lowest BCUT2D eigenvalue weighted by molar-refractivity contribution is 0.0786. The lowest BCUT2D eigenvalue weighted by Crippen LogP contribution is -2.28. The molecule has 1 saturated carbocycles. The number of carbonyl (C=O) groups is 1. The van der Waals surface area contributed by atoms with Gasteiger partial charge in [-0.3, -0.25) is 4.79 Å². The van der Waals surface area contributed by atoms with Crippen LogP contribution in [0, 0.1) is 6.92 Å². The van der Waals surface area contributed by atoms with E-state index in [0.29, 0.717) is 11.6 Å². The molecular formula is C18H21N3O. The maximum Gasteiger partial charge on any atom is 0.274 e. The number of benzene rings is 1. The van der Waals surface area contributed by atoms with Gasteiger partial charge in [-0.05, 0) is 50.8 Å². The summed E-state index contributed by atoms with van der Waals surface area (Å²) >= 11 is 0. The first kappa shape index (κ1) is 13.6. The van der Waals surface area contributed by atoms with Gasteiger partial charge in [0.1, 0.15) is 0 Å². The van der Waals surface area contributed by atoms with E-state index in [9.17, 15) is 4.79 Å². The first-order valence-corrected chi connectivity index (χ1v) is 8.18. The molecule has 2 aromatic rings. The standard InChI is InChI=1S/C18H21N3O/c1-13-4-8-15(9-5-13)21-17(14-6-7-14)12-16(19-21)18(22)20-10-2-3-11-20/h4-5,8-9,12,14H,2-3,6-7,10-11H2,1H3. The van der Waals surface area contributed by atoms with Crippen LogP contribution in [-0.2, 0) is 0 Å². The third kappa shape index (κ3) is 2.43. The van der Waals surface area contributed by atoms with E-state index in [1.54, 1.807) is 0 Å². The Morgan fingerprint density at radius 2 is 1.82 bits per heavy atom. The molecule has 1 aromatic heterocycles. The van der Waals surface area contributed by atoms with Crippen molar-refractivity contribution in [3.63, 3.8) is 0 Å². The average molecular weight is 295 g/mol. The summed E-state index contributed by atoms with van der Waals surface area (Å²) in [5.74, 6) is 0.652. The number of nitrogens with zero attached hydrogens (tertiary/aromatic N) is 3. The van der Waals surface area contributed by atoms with Crippen molar-refractivity contribution in [1.82, 2.24) is 14.7 Å². The molecule has 2 heterocycles. The molecule has 4 rings (SSSR count). The van der Waals surface area contributed by atoms with Gasteiger partial charge < -0.3 is 4.90 Å². The summed E-state index contributed by atoms with van der Waals surface area (Å²) in [6, 6.07) is 10.4. The van der Waals surface area contributed by atoms with Gasteiger partial charge in [-0.1, -0.05) is 17.7 Å². The summed E-state index contributed by atoms with van der Waals surface area (Å²) in [6.45, 7) is 3.82. The fourth-order valence-corrected chi connectivity index (χ4v) is 3.14. The first-order valence-electron chi connectivity index (χ1n) is 8.18. The molecule has 0 atom stereocenters. The van der Waals surface area contributed by atoms with Crippen LogP contribution in [0.2, 0.25) is 0 Å². The summed E-state index contributed by atoms with van der Waals surface area (Å²) in [4.78, 5) is 14.5. The van der Waals surface area contributed by atoms with Gasteiger partial charge in [-0.25, -0.2) is 4.68 Å². The van der Waals surface area contributed by atoms with Crippen molar-refractivity contribution in [3.05, 3.63) is 47.3 Å². The normalized spacial score (nSPS) is 18.0. The van der Waals surface area contributed by atoms with E-state index in [1.807, 2.05) is 15.6 Å². The minimum Gasteiger partial charge on any atom is -0.337 e. The summed E-state index contributed by atoms with van der Waals surface area (Å²) < 4.78 is 1.97. The van der Waals surface area contributed by atoms with Crippen LogP contribution >= 0.6 is 0 Å². The quantitative estimate of drug-likeness (QED) is 0.871. The Bertz CT molecular complexity index is 692. The van der Waals surface area contributed by atoms with Gasteiger partial charge in [-0.15, -0.1) is 0 Å². The molecular weight excluding hydrogens is 274 g/mol. The van der Waals surface area contributed by atoms with Crippen LogP contribution in [0.4, 0.5) is 0 Å². The molecule has 22 heavy (non-hydrogen) atoms. The first-order chi connectivity index (χ1) is 10.7. The zero-order chi connectivity index (χ0) is 15.1. The Hall–Kier alpha value is -2.10. The number of carbonyl (C=O) groups excluding carboxylic acids is 1. The summed E-state index contributed by atoms with van der Waals surface area (Å²) in [7, 11) is 0. The topological polar surface area (TPSA) is 38.1 Å². The maximum atomic E-state index is 12.6. The third-order valence-corrected chi connectivity index (χ3v) is 4.62. The number of likely N-dealkylation sites (tertiary alicyclic amines) is 1. The zero-order valence-electron chi connectivity index (χ0n) is 13.0. The number of hydrogen-bond donors (Lipinski definition) is 0. The van der Waals surface area contributed by atoms with Gasteiger partial charge in [0.15, 0.2) is 5.69 Å². The molecule has 1 aromatic carbocycles. The van der Waals surface area contributed by atoms with Crippen LogP contribution in [0.1, 0.15) is 53.3 Å². The van der Waals surface area contributed by atoms with Crippen molar-refractivity contribution in [2.75, 3.05) is 13.1 Å². The van der Waals surface area contributed by atoms with E-state index in [4.69, 9.17) is 0 Å². The van der Waals surface area contributed by atoms with Gasteiger partial charge in [-0.2, -0.15) is 5.10 Å². The number of hydrogen-bond acceptors (Lipinski definition) is 2. The minimum atomic E-state index is 0.0882. The van der Waals surface area contributed by atoms with Gasteiger partial charge in [0.05, 0.1) is 5.69 Å². The van der Waals surface area contributed by atoms with Crippen LogP contribution in [-0.4, -0.2) is 33.7 Å². The lowest BCUT2D eigenvalue weighted by Gasteiger charge is -2.12. The molecule has 4 nitrogen and oxygen atoms in total. The predicted molar refractivity (Wildman–Crippen MR) is 85.4 cm³/mol. The Morgan fingerprint density at radius 1 is 1.14 bits per heavy atom. The fraction of sp³-hybridized carbons (Fsp3) is 0.444. The van der Waals surface area contributed by atoms with Crippen molar-refractivity contribution < 1.29 is 4.79 Å². The van der Waals surface area contributed by atoms with Gasteiger partial charge in [0.2, 0.25) is 0 Å². The average Bonchev–Trinajstić information content (AvgIpc) is 3.06. The number of aryl methyl sites for hydroxylation is 1. The Morgan fingerprint density at radius 3 is 2.45 bits per heavy atom. The van der Waals surface area contributed by atoms with E-state index in [2.05, 4.69) is 36.3 Å². The monoisotopic (exact) mass is 295 g/mol. The molecule has 0 radical (unpaired) electrons. The van der Waals surface area contributed by atoms with Crippen molar-refractivity contribution in [2.24, 2.45) is 0 Å². The largest absolute Gasteiger partial charge is 0.337 e. The van der Waals surface area contributed by atoms with Gasteiger partial charge in [0.25, 0.3) is 5.91 Å². The molecule has 0 spiro atoms. The van der Waals surface area contributed by atoms with E-state index in [0.717, 1.165) is 31.6 Å². The third-order valence-electron chi connectivity index (χ3n) is 4.62. The summed E-state index contributed by atoms with van der Waals surface area (Å²) in [6.07, 6.45) is 4.63. The number of rotatable bonds is 3. The highest BCUT2D eigenvalue weighted by molar-refractivity contribution is 5.92. The highest BCUT2D eigenvalue weighted by Gasteiger charge is 2.31. The van der Waals surface area contributed by atoms with E-state index in [-0.39, 0.29) is 5.91 Å². The molecule has 1 aliphatic heterocycles. The molecule has 1 amide bonds. The zero-order valence-corrected chi connectivity index (χ0v) is 13.0. The molecule has 2 fully saturated rings. The van der Waals surface area contributed by atoms with Crippen molar-refractivity contribution in [3.8, 4) is 5.69 Å². The van der Waals surface area contributed by atoms with Gasteiger partial charge in [0, 0.05) is 24.7 Å². The van der Waals surface area contributed by atoms with Crippen LogP contribution in [0.5, 0.6) is 0 Å².